The summed E-state index contributed by atoms with van der Waals surface area (Å²) in [5, 5.41) is 27.8. The molecule has 0 bridgehead atoms. The van der Waals surface area contributed by atoms with E-state index in [9.17, 15) is 29.2 Å². The molecule has 9 nitrogen and oxygen atoms in total. The van der Waals surface area contributed by atoms with E-state index in [1.165, 1.54) is 24.3 Å². The summed E-state index contributed by atoms with van der Waals surface area (Å²) >= 11 is 0. The number of benzene rings is 2. The summed E-state index contributed by atoms with van der Waals surface area (Å²) in [7, 11) is 0. The minimum Gasteiger partial charge on any atom is -0.868 e. The number of hydrogen-bond donors (Lipinski definition) is 2. The van der Waals surface area contributed by atoms with Gasteiger partial charge in [-0.15, -0.1) is 0 Å². The lowest BCUT2D eigenvalue weighted by Crippen LogP contribution is -2.34. The molecule has 0 radical (unpaired) electrons. The fraction of sp³-hybridized carbons (Fsp3) is 0.0625. The van der Waals surface area contributed by atoms with Gasteiger partial charge in [0.1, 0.15) is 5.82 Å². The summed E-state index contributed by atoms with van der Waals surface area (Å²) < 4.78 is 13.0. The summed E-state index contributed by atoms with van der Waals surface area (Å²) in [5.74, 6) is -2.62. The summed E-state index contributed by atoms with van der Waals surface area (Å²) in [4.78, 5) is 33.2. The van der Waals surface area contributed by atoms with Gasteiger partial charge in [-0.1, -0.05) is 18.2 Å². The van der Waals surface area contributed by atoms with Crippen LogP contribution in [0.2, 0.25) is 0 Å². The van der Waals surface area contributed by atoms with Gasteiger partial charge in [-0.25, -0.2) is 9.82 Å². The van der Waals surface area contributed by atoms with E-state index in [1.54, 1.807) is 0 Å². The number of nitro groups is 1. The summed E-state index contributed by atoms with van der Waals surface area (Å²) in [6, 6.07) is 8.29. The zero-order valence-corrected chi connectivity index (χ0v) is 13.1. The number of hydrogen-bond acceptors (Lipinski definition) is 6. The molecule has 0 aliphatic rings. The molecular formula is C16H12FN4O5-. The van der Waals surface area contributed by atoms with Gasteiger partial charge >= 0.3 is 0 Å². The van der Waals surface area contributed by atoms with E-state index in [2.05, 4.69) is 15.8 Å². The van der Waals surface area contributed by atoms with Crippen molar-refractivity contribution < 1.29 is 24.0 Å². The van der Waals surface area contributed by atoms with Crippen LogP contribution in [0.1, 0.15) is 15.9 Å². The lowest BCUT2D eigenvalue weighted by atomic mass is 10.2. The molecule has 0 saturated heterocycles. The Morgan fingerprint density at radius 3 is 2.69 bits per heavy atom. The van der Waals surface area contributed by atoms with Gasteiger partial charge in [0.15, 0.2) is 0 Å². The molecule has 0 fully saturated rings. The quantitative estimate of drug-likeness (QED) is 0.444. The number of hydrazone groups is 1. The first-order chi connectivity index (χ1) is 12.4. The SMILES string of the molecule is O=C(CNC(=O)c1cccc(F)c1)N/N=C\c1ccc([O-])c([N+](=O)[O-])c1. The molecule has 0 unspecified atom stereocenters. The lowest BCUT2D eigenvalue weighted by molar-refractivity contribution is -0.398. The minimum atomic E-state index is -0.819. The van der Waals surface area contributed by atoms with Crippen LogP contribution in [0.3, 0.4) is 0 Å². The van der Waals surface area contributed by atoms with Crippen LogP contribution >= 0.6 is 0 Å². The van der Waals surface area contributed by atoms with Gasteiger partial charge in [0.05, 0.1) is 17.7 Å². The van der Waals surface area contributed by atoms with Crippen molar-refractivity contribution in [3.63, 3.8) is 0 Å². The van der Waals surface area contributed by atoms with Crippen molar-refractivity contribution in [3.05, 3.63) is 69.5 Å². The van der Waals surface area contributed by atoms with Crippen molar-refractivity contribution in [2.24, 2.45) is 5.10 Å². The number of carbonyl (C=O) groups excluding carboxylic acids is 2. The van der Waals surface area contributed by atoms with Gasteiger partial charge in [0.2, 0.25) is 0 Å². The van der Waals surface area contributed by atoms with Crippen LogP contribution < -0.4 is 15.8 Å². The molecule has 0 atom stereocenters. The highest BCUT2D eigenvalue weighted by Crippen LogP contribution is 2.22. The number of carbonyl (C=O) groups is 2. The zero-order chi connectivity index (χ0) is 19.1. The van der Waals surface area contributed by atoms with Gasteiger partial charge < -0.3 is 10.4 Å². The second-order valence-corrected chi connectivity index (χ2v) is 4.97. The maximum absolute atomic E-state index is 13.0. The van der Waals surface area contributed by atoms with E-state index in [-0.39, 0.29) is 11.1 Å². The Bertz CT molecular complexity index is 885. The molecule has 2 rings (SSSR count). The maximum Gasteiger partial charge on any atom is 0.262 e. The Balaban J connectivity index is 1.87. The number of halogens is 1. The first-order valence-corrected chi connectivity index (χ1v) is 7.18. The van der Waals surface area contributed by atoms with Crippen molar-refractivity contribution in [1.82, 2.24) is 10.7 Å². The monoisotopic (exact) mass is 359 g/mol. The third-order valence-corrected chi connectivity index (χ3v) is 3.08. The Hall–Kier alpha value is -3.82. The summed E-state index contributed by atoms with van der Waals surface area (Å²) in [6.07, 6.45) is 1.11. The Labute approximate surface area is 146 Å². The molecule has 2 aromatic carbocycles. The standard InChI is InChI=1S/C16H13FN4O5/c17-12-3-1-2-11(7-12)16(24)18-9-15(23)20-19-8-10-4-5-14(22)13(6-10)21(25)26/h1-8,22H,9H2,(H,18,24)(H,20,23)/p-1/b19-8-. The minimum absolute atomic E-state index is 0.0614. The molecule has 2 aromatic rings. The number of nitrogens with zero attached hydrogens (tertiary/aromatic N) is 2. The second-order valence-electron chi connectivity index (χ2n) is 4.97. The van der Waals surface area contributed by atoms with E-state index in [1.807, 2.05) is 0 Å². The largest absolute Gasteiger partial charge is 0.868 e. The average Bonchev–Trinajstić information content (AvgIpc) is 2.60. The van der Waals surface area contributed by atoms with Crippen molar-refractivity contribution in [1.29, 1.82) is 0 Å². The predicted octanol–water partition coefficient (Wildman–Crippen LogP) is 0.688. The van der Waals surface area contributed by atoms with Gasteiger partial charge in [-0.05, 0) is 23.9 Å². The van der Waals surface area contributed by atoms with Gasteiger partial charge in [-0.3, -0.25) is 19.7 Å². The Kier molecular flexibility index (Phi) is 5.93. The Morgan fingerprint density at radius 1 is 1.23 bits per heavy atom. The highest BCUT2D eigenvalue weighted by atomic mass is 19.1. The summed E-state index contributed by atoms with van der Waals surface area (Å²) in [5.41, 5.74) is 1.80. The highest BCUT2D eigenvalue weighted by molar-refractivity contribution is 5.96. The molecule has 26 heavy (non-hydrogen) atoms. The molecular weight excluding hydrogens is 347 g/mol. The molecule has 0 aliphatic heterocycles. The number of amides is 2. The molecule has 0 saturated carbocycles. The molecule has 2 N–H and O–H groups in total. The number of nitro benzene ring substituents is 1. The van der Waals surface area contributed by atoms with E-state index in [0.29, 0.717) is 0 Å². The molecule has 2 amide bonds. The topological polar surface area (TPSA) is 137 Å². The smallest absolute Gasteiger partial charge is 0.262 e. The first-order valence-electron chi connectivity index (χ1n) is 7.18. The van der Waals surface area contributed by atoms with Crippen molar-refractivity contribution in [2.75, 3.05) is 6.54 Å². The van der Waals surface area contributed by atoms with Crippen LogP contribution in [0.5, 0.6) is 5.75 Å². The fourth-order valence-electron chi connectivity index (χ4n) is 1.87. The van der Waals surface area contributed by atoms with E-state index < -0.39 is 40.5 Å². The molecule has 0 heterocycles. The van der Waals surface area contributed by atoms with Crippen molar-refractivity contribution in [3.8, 4) is 5.75 Å². The number of nitrogens with one attached hydrogen (secondary N) is 2. The molecule has 10 heteroatoms. The lowest BCUT2D eigenvalue weighted by Gasteiger charge is -2.06. The van der Waals surface area contributed by atoms with Crippen LogP contribution in [0.25, 0.3) is 0 Å². The fourth-order valence-corrected chi connectivity index (χ4v) is 1.87. The molecule has 134 valence electrons. The molecule has 0 spiro atoms. The summed E-state index contributed by atoms with van der Waals surface area (Å²) in [6.45, 7) is -0.410. The van der Waals surface area contributed by atoms with Crippen LogP contribution in [0.15, 0.2) is 47.6 Å². The zero-order valence-electron chi connectivity index (χ0n) is 13.1. The third-order valence-electron chi connectivity index (χ3n) is 3.08. The molecule has 0 aliphatic carbocycles. The normalized spacial score (nSPS) is 10.5. The Morgan fingerprint density at radius 2 is 2.00 bits per heavy atom. The highest BCUT2D eigenvalue weighted by Gasteiger charge is 2.09. The molecule has 0 aromatic heterocycles. The van der Waals surface area contributed by atoms with Crippen molar-refractivity contribution >= 4 is 23.7 Å². The second kappa shape index (κ2) is 8.33. The van der Waals surface area contributed by atoms with E-state index in [0.717, 1.165) is 24.4 Å². The van der Waals surface area contributed by atoms with Gasteiger partial charge in [0, 0.05) is 17.2 Å². The van der Waals surface area contributed by atoms with E-state index >= 15 is 0 Å². The third kappa shape index (κ3) is 5.09. The van der Waals surface area contributed by atoms with Crippen molar-refractivity contribution in [2.45, 2.75) is 0 Å². The van der Waals surface area contributed by atoms with Gasteiger partial charge in [0.25, 0.3) is 17.5 Å². The van der Waals surface area contributed by atoms with E-state index in [4.69, 9.17) is 0 Å². The first kappa shape index (κ1) is 18.5. The predicted molar refractivity (Wildman–Crippen MR) is 87.0 cm³/mol. The van der Waals surface area contributed by atoms with Crippen LogP contribution in [0.4, 0.5) is 10.1 Å². The maximum atomic E-state index is 13.0. The van der Waals surface area contributed by atoms with Crippen LogP contribution in [-0.2, 0) is 4.79 Å². The van der Waals surface area contributed by atoms with Gasteiger partial charge in [-0.2, -0.15) is 5.10 Å². The van der Waals surface area contributed by atoms with Crippen LogP contribution in [0, 0.1) is 15.9 Å². The number of rotatable bonds is 6. The average molecular weight is 359 g/mol. The van der Waals surface area contributed by atoms with Crippen LogP contribution in [-0.4, -0.2) is 29.5 Å².